The van der Waals surface area contributed by atoms with Gasteiger partial charge in [-0.1, -0.05) is 36.4 Å². The van der Waals surface area contributed by atoms with Gasteiger partial charge in [0, 0.05) is 22.3 Å². The summed E-state index contributed by atoms with van der Waals surface area (Å²) in [4.78, 5) is 26.3. The Balaban J connectivity index is 1.58. The van der Waals surface area contributed by atoms with Gasteiger partial charge in [0.2, 0.25) is 0 Å². The molecule has 0 aromatic heterocycles. The number of aromatic hydroxyl groups is 2. The molecular formula is C26H16O4. The average Bonchev–Trinajstić information content (AvgIpc) is 2.78. The van der Waals surface area contributed by atoms with Gasteiger partial charge in [-0.2, -0.15) is 0 Å². The van der Waals surface area contributed by atoms with E-state index in [0.29, 0.717) is 22.3 Å². The van der Waals surface area contributed by atoms with E-state index in [4.69, 9.17) is 0 Å². The quantitative estimate of drug-likeness (QED) is 0.433. The Morgan fingerprint density at radius 2 is 0.733 bits per heavy atom. The van der Waals surface area contributed by atoms with Crippen LogP contribution in [0.5, 0.6) is 11.5 Å². The fraction of sp³-hybridized carbons (Fsp3) is 0. The van der Waals surface area contributed by atoms with E-state index in [1.807, 2.05) is 12.1 Å². The fourth-order valence-corrected chi connectivity index (χ4v) is 3.82. The molecule has 5 rings (SSSR count). The lowest BCUT2D eigenvalue weighted by Crippen LogP contribution is -2.21. The van der Waals surface area contributed by atoms with E-state index in [-0.39, 0.29) is 23.1 Å². The van der Waals surface area contributed by atoms with Crippen LogP contribution in [0.3, 0.4) is 0 Å². The zero-order valence-electron chi connectivity index (χ0n) is 15.8. The van der Waals surface area contributed by atoms with Gasteiger partial charge < -0.3 is 10.2 Å². The molecule has 4 aromatic rings. The molecular weight excluding hydrogens is 376 g/mol. The Labute approximate surface area is 172 Å². The molecule has 0 aliphatic heterocycles. The molecule has 0 spiro atoms. The number of fused-ring (bicyclic) bond motifs is 2. The first-order chi connectivity index (χ1) is 14.5. The van der Waals surface area contributed by atoms with E-state index in [1.165, 1.54) is 0 Å². The molecule has 0 saturated carbocycles. The summed E-state index contributed by atoms with van der Waals surface area (Å²) in [6.45, 7) is 0. The van der Waals surface area contributed by atoms with E-state index < -0.39 is 0 Å². The van der Waals surface area contributed by atoms with Crippen LogP contribution in [0.2, 0.25) is 0 Å². The normalized spacial score (nSPS) is 12.4. The molecule has 144 valence electrons. The summed E-state index contributed by atoms with van der Waals surface area (Å²) in [7, 11) is 0. The minimum atomic E-state index is -0.183. The average molecular weight is 392 g/mol. The van der Waals surface area contributed by atoms with Gasteiger partial charge in [0.1, 0.15) is 11.5 Å². The van der Waals surface area contributed by atoms with E-state index in [9.17, 15) is 19.8 Å². The van der Waals surface area contributed by atoms with Crippen molar-refractivity contribution in [2.75, 3.05) is 0 Å². The lowest BCUT2D eigenvalue weighted by molar-refractivity contribution is 0.0979. The summed E-state index contributed by atoms with van der Waals surface area (Å²) in [6.07, 6.45) is 0. The lowest BCUT2D eigenvalue weighted by Gasteiger charge is -2.19. The third kappa shape index (κ3) is 2.86. The van der Waals surface area contributed by atoms with E-state index >= 15 is 0 Å². The molecule has 0 unspecified atom stereocenters. The van der Waals surface area contributed by atoms with Gasteiger partial charge in [0.05, 0.1) is 0 Å². The molecule has 1 aliphatic carbocycles. The van der Waals surface area contributed by atoms with Crippen LogP contribution in [0, 0.1) is 0 Å². The van der Waals surface area contributed by atoms with E-state index in [2.05, 4.69) is 0 Å². The largest absolute Gasteiger partial charge is 0.508 e. The molecule has 4 heteroatoms. The topological polar surface area (TPSA) is 74.6 Å². The third-order valence-electron chi connectivity index (χ3n) is 5.42. The SMILES string of the molecule is O=C1c2ccc(-c3ccc(O)cc3)cc2C(=O)c2ccc(-c3ccc(O)cc3)cc21. The van der Waals surface area contributed by atoms with Crippen molar-refractivity contribution in [3.63, 3.8) is 0 Å². The van der Waals surface area contributed by atoms with E-state index in [1.54, 1.807) is 72.8 Å². The smallest absolute Gasteiger partial charge is 0.194 e. The minimum absolute atomic E-state index is 0.168. The van der Waals surface area contributed by atoms with Gasteiger partial charge in [0.25, 0.3) is 0 Å². The third-order valence-corrected chi connectivity index (χ3v) is 5.42. The Hall–Kier alpha value is -4.18. The van der Waals surface area contributed by atoms with Crippen molar-refractivity contribution >= 4 is 11.6 Å². The molecule has 1 aliphatic rings. The van der Waals surface area contributed by atoms with Crippen molar-refractivity contribution in [1.29, 1.82) is 0 Å². The number of phenols is 2. The Kier molecular flexibility index (Phi) is 4.00. The maximum atomic E-state index is 13.2. The maximum Gasteiger partial charge on any atom is 0.194 e. The first-order valence-electron chi connectivity index (χ1n) is 9.47. The zero-order chi connectivity index (χ0) is 20.8. The Morgan fingerprint density at radius 3 is 1.10 bits per heavy atom. The fourth-order valence-electron chi connectivity index (χ4n) is 3.82. The van der Waals surface area contributed by atoms with Gasteiger partial charge >= 0.3 is 0 Å². The summed E-state index contributed by atoms with van der Waals surface area (Å²) in [5, 5.41) is 19.0. The molecule has 4 nitrogen and oxygen atoms in total. The van der Waals surface area contributed by atoms with Crippen molar-refractivity contribution in [3.8, 4) is 33.8 Å². The Bertz CT molecular complexity index is 1210. The van der Waals surface area contributed by atoms with Crippen molar-refractivity contribution in [2.24, 2.45) is 0 Å². The highest BCUT2D eigenvalue weighted by Gasteiger charge is 2.30. The number of rotatable bonds is 2. The molecule has 0 radical (unpaired) electrons. The molecule has 30 heavy (non-hydrogen) atoms. The number of ketones is 2. The first kappa shape index (κ1) is 17.9. The second kappa shape index (κ2) is 6.71. The van der Waals surface area contributed by atoms with Gasteiger partial charge in [-0.25, -0.2) is 0 Å². The van der Waals surface area contributed by atoms with Crippen LogP contribution in [0.1, 0.15) is 31.8 Å². The van der Waals surface area contributed by atoms with Crippen molar-refractivity contribution in [3.05, 3.63) is 107 Å². The van der Waals surface area contributed by atoms with Crippen molar-refractivity contribution in [2.45, 2.75) is 0 Å². The first-order valence-corrected chi connectivity index (χ1v) is 9.47. The highest BCUT2D eigenvalue weighted by atomic mass is 16.3. The summed E-state index contributed by atoms with van der Waals surface area (Å²) < 4.78 is 0. The van der Waals surface area contributed by atoms with Gasteiger partial charge in [-0.3, -0.25) is 9.59 Å². The molecule has 4 aromatic carbocycles. The maximum absolute atomic E-state index is 13.2. The summed E-state index contributed by atoms with van der Waals surface area (Å²) in [6, 6.07) is 23.9. The van der Waals surface area contributed by atoms with Gasteiger partial charge in [-0.15, -0.1) is 0 Å². The van der Waals surface area contributed by atoms with Gasteiger partial charge in [-0.05, 0) is 70.8 Å². The lowest BCUT2D eigenvalue weighted by atomic mass is 9.81. The molecule has 0 saturated heterocycles. The predicted octanol–water partition coefficient (Wildman–Crippen LogP) is 5.21. The van der Waals surface area contributed by atoms with Crippen molar-refractivity contribution in [1.82, 2.24) is 0 Å². The molecule has 0 fully saturated rings. The monoisotopic (exact) mass is 392 g/mol. The van der Waals surface area contributed by atoms with Crippen LogP contribution < -0.4 is 0 Å². The zero-order valence-corrected chi connectivity index (χ0v) is 15.8. The molecule has 0 atom stereocenters. The van der Waals surface area contributed by atoms with Crippen LogP contribution in [0.4, 0.5) is 0 Å². The summed E-state index contributed by atoms with van der Waals surface area (Å²) in [5.74, 6) is -0.0300. The number of benzene rings is 4. The summed E-state index contributed by atoms with van der Waals surface area (Å²) in [5.41, 5.74) is 4.86. The highest BCUT2D eigenvalue weighted by molar-refractivity contribution is 6.29. The number of phenolic OH excluding ortho intramolecular Hbond substituents is 2. The molecule has 2 N–H and O–H groups in total. The number of carbonyl (C=O) groups excluding carboxylic acids is 2. The summed E-state index contributed by atoms with van der Waals surface area (Å²) >= 11 is 0. The van der Waals surface area contributed by atoms with Crippen molar-refractivity contribution < 1.29 is 19.8 Å². The second-order valence-corrected chi connectivity index (χ2v) is 7.27. The van der Waals surface area contributed by atoms with Crippen LogP contribution in [0.15, 0.2) is 84.9 Å². The number of hydrogen-bond donors (Lipinski definition) is 2. The number of carbonyl (C=O) groups is 2. The minimum Gasteiger partial charge on any atom is -0.508 e. The molecule has 0 amide bonds. The standard InChI is InChI=1S/C26H16O4/c27-19-7-1-15(2-8-19)17-5-11-21-23(13-17)25(29)22-12-6-18(14-24(22)26(21)30)16-3-9-20(28)10-4-16/h1-14,27-28H. The molecule has 0 bridgehead atoms. The van der Waals surface area contributed by atoms with Crippen LogP contribution >= 0.6 is 0 Å². The van der Waals surface area contributed by atoms with E-state index in [0.717, 1.165) is 22.3 Å². The second-order valence-electron chi connectivity index (χ2n) is 7.27. The van der Waals surface area contributed by atoms with Crippen LogP contribution in [0.25, 0.3) is 22.3 Å². The number of hydrogen-bond acceptors (Lipinski definition) is 4. The van der Waals surface area contributed by atoms with Crippen LogP contribution in [-0.4, -0.2) is 21.8 Å². The van der Waals surface area contributed by atoms with Gasteiger partial charge in [0.15, 0.2) is 11.6 Å². The highest BCUT2D eigenvalue weighted by Crippen LogP contribution is 2.34. The molecule has 0 heterocycles. The predicted molar refractivity (Wildman–Crippen MR) is 114 cm³/mol. The van der Waals surface area contributed by atoms with Crippen LogP contribution in [-0.2, 0) is 0 Å². The Morgan fingerprint density at radius 1 is 0.400 bits per heavy atom.